The predicted molar refractivity (Wildman–Crippen MR) is 86.4 cm³/mol. The number of aliphatic hydroxyl groups is 1. The Morgan fingerprint density at radius 3 is 2.74 bits per heavy atom. The Hall–Kier alpha value is -1.50. The summed E-state index contributed by atoms with van der Waals surface area (Å²) in [6, 6.07) is 4.03. The van der Waals surface area contributed by atoms with Crippen LogP contribution in [0.1, 0.15) is 37.3 Å². The van der Waals surface area contributed by atoms with Crippen molar-refractivity contribution in [2.45, 2.75) is 37.2 Å². The van der Waals surface area contributed by atoms with Crippen molar-refractivity contribution in [3.05, 3.63) is 30.2 Å². The van der Waals surface area contributed by atoms with Crippen molar-refractivity contribution in [3.8, 4) is 0 Å². The number of fused-ring (bicyclic) bond motifs is 1. The summed E-state index contributed by atoms with van der Waals surface area (Å²) in [5.41, 5.74) is 1.61. The molecule has 0 saturated carbocycles. The molecule has 23 heavy (non-hydrogen) atoms. The molecule has 2 aliphatic rings. The normalized spacial score (nSPS) is 23.3. The van der Waals surface area contributed by atoms with Gasteiger partial charge in [-0.3, -0.25) is 0 Å². The van der Waals surface area contributed by atoms with Crippen molar-refractivity contribution in [1.82, 2.24) is 19.5 Å². The molecule has 0 radical (unpaired) electrons. The zero-order valence-electron chi connectivity index (χ0n) is 13.4. The van der Waals surface area contributed by atoms with Gasteiger partial charge in [-0.15, -0.1) is 0 Å². The van der Waals surface area contributed by atoms with Crippen LogP contribution in [0, 0.1) is 0 Å². The van der Waals surface area contributed by atoms with Gasteiger partial charge in [0.2, 0.25) is 0 Å². The second-order valence-corrected chi connectivity index (χ2v) is 6.86. The largest absolute Gasteiger partial charge is 0.388 e. The van der Waals surface area contributed by atoms with Crippen LogP contribution in [-0.2, 0) is 4.74 Å². The fourth-order valence-electron chi connectivity index (χ4n) is 3.88. The number of aromatic nitrogens is 3. The molecule has 0 amide bonds. The van der Waals surface area contributed by atoms with E-state index in [1.54, 1.807) is 0 Å². The fraction of sp³-hybridized carbons (Fsp3) is 0.647. The summed E-state index contributed by atoms with van der Waals surface area (Å²) in [5, 5.41) is 15.1. The van der Waals surface area contributed by atoms with Crippen molar-refractivity contribution in [2.24, 2.45) is 0 Å². The van der Waals surface area contributed by atoms with Crippen LogP contribution in [0.5, 0.6) is 0 Å². The lowest BCUT2D eigenvalue weighted by Crippen LogP contribution is -2.48. The molecule has 2 aromatic heterocycles. The maximum absolute atomic E-state index is 10.7. The molecule has 4 heterocycles. The zero-order chi connectivity index (χ0) is 15.7. The summed E-state index contributed by atoms with van der Waals surface area (Å²) in [7, 11) is 0. The molecule has 2 aliphatic heterocycles. The van der Waals surface area contributed by atoms with Gasteiger partial charge in [0.05, 0.1) is 11.8 Å². The van der Waals surface area contributed by atoms with E-state index in [2.05, 4.69) is 21.0 Å². The Morgan fingerprint density at radius 1 is 1.17 bits per heavy atom. The van der Waals surface area contributed by atoms with Crippen LogP contribution in [0.25, 0.3) is 5.65 Å². The third kappa shape index (κ3) is 3.11. The molecule has 6 heteroatoms. The minimum Gasteiger partial charge on any atom is -0.388 e. The highest BCUT2D eigenvalue weighted by molar-refractivity contribution is 5.37. The van der Waals surface area contributed by atoms with E-state index in [1.807, 2.05) is 23.0 Å². The summed E-state index contributed by atoms with van der Waals surface area (Å²) >= 11 is 0. The van der Waals surface area contributed by atoms with Gasteiger partial charge in [-0.25, -0.2) is 9.50 Å². The van der Waals surface area contributed by atoms with Crippen LogP contribution in [0.2, 0.25) is 0 Å². The molecule has 1 N–H and O–H groups in total. The molecule has 0 bridgehead atoms. The molecular weight excluding hydrogens is 292 g/mol. The van der Waals surface area contributed by atoms with Gasteiger partial charge >= 0.3 is 0 Å². The lowest BCUT2D eigenvalue weighted by molar-refractivity contribution is -0.0821. The van der Waals surface area contributed by atoms with Gasteiger partial charge in [0.15, 0.2) is 5.65 Å². The monoisotopic (exact) mass is 316 g/mol. The smallest absolute Gasteiger partial charge is 0.155 e. The molecule has 2 fully saturated rings. The van der Waals surface area contributed by atoms with Gasteiger partial charge in [-0.05, 0) is 32.0 Å². The molecule has 0 unspecified atom stereocenters. The van der Waals surface area contributed by atoms with E-state index >= 15 is 0 Å². The summed E-state index contributed by atoms with van der Waals surface area (Å²) in [5.74, 6) is 0.515. The third-order valence-electron chi connectivity index (χ3n) is 5.27. The first-order chi connectivity index (χ1) is 11.2. The molecule has 6 nitrogen and oxygen atoms in total. The van der Waals surface area contributed by atoms with Crippen LogP contribution in [0.4, 0.5) is 0 Å². The van der Waals surface area contributed by atoms with Crippen LogP contribution in [0.3, 0.4) is 0 Å². The minimum atomic E-state index is -0.559. The van der Waals surface area contributed by atoms with Gasteiger partial charge < -0.3 is 14.7 Å². The molecule has 124 valence electrons. The molecule has 0 aromatic carbocycles. The zero-order valence-corrected chi connectivity index (χ0v) is 13.4. The number of rotatable bonds is 3. The predicted octanol–water partition coefficient (Wildman–Crippen LogP) is 1.45. The van der Waals surface area contributed by atoms with E-state index in [-0.39, 0.29) is 0 Å². The molecule has 0 spiro atoms. The van der Waals surface area contributed by atoms with Crippen molar-refractivity contribution >= 4 is 5.65 Å². The minimum absolute atomic E-state index is 0.515. The average molecular weight is 316 g/mol. The van der Waals surface area contributed by atoms with E-state index in [9.17, 15) is 5.11 Å². The highest BCUT2D eigenvalue weighted by atomic mass is 16.5. The first-order valence-corrected chi connectivity index (χ1v) is 8.55. The van der Waals surface area contributed by atoms with Crippen molar-refractivity contribution < 1.29 is 9.84 Å². The van der Waals surface area contributed by atoms with E-state index in [1.165, 1.54) is 5.69 Å². The maximum Gasteiger partial charge on any atom is 0.155 e. The number of ether oxygens (including phenoxy) is 1. The lowest BCUT2D eigenvalue weighted by atomic mass is 9.90. The number of hydrogen-bond acceptors (Lipinski definition) is 5. The van der Waals surface area contributed by atoms with Gasteiger partial charge in [-0.1, -0.05) is 0 Å². The van der Waals surface area contributed by atoms with Crippen molar-refractivity contribution in [2.75, 3.05) is 32.8 Å². The van der Waals surface area contributed by atoms with E-state index in [0.717, 1.165) is 51.0 Å². The van der Waals surface area contributed by atoms with Gasteiger partial charge in [0, 0.05) is 56.5 Å². The molecule has 0 aliphatic carbocycles. The Morgan fingerprint density at radius 2 is 1.96 bits per heavy atom. The first kappa shape index (κ1) is 15.1. The number of β-amino-alcohol motifs (C(OH)–C–C–N with tert-alkyl or cyclic N) is 1. The Kier molecular flexibility index (Phi) is 4.05. The van der Waals surface area contributed by atoms with E-state index < -0.39 is 5.60 Å². The molecular formula is C17H24N4O2. The highest BCUT2D eigenvalue weighted by Crippen LogP contribution is 2.30. The van der Waals surface area contributed by atoms with Crippen molar-refractivity contribution in [3.63, 3.8) is 0 Å². The molecule has 0 atom stereocenters. The third-order valence-corrected chi connectivity index (χ3v) is 5.27. The lowest BCUT2D eigenvalue weighted by Gasteiger charge is -2.39. The van der Waals surface area contributed by atoms with Gasteiger partial charge in [0.1, 0.15) is 0 Å². The quantitative estimate of drug-likeness (QED) is 0.928. The molecule has 4 rings (SSSR count). The summed E-state index contributed by atoms with van der Waals surface area (Å²) in [6.45, 7) is 4.19. The van der Waals surface area contributed by atoms with Crippen LogP contribution in [-0.4, -0.2) is 63.1 Å². The SMILES string of the molecule is OC1(CN2CCC(c3ccnc4ccnn34)CC2)CCOCC1. The fourth-order valence-corrected chi connectivity index (χ4v) is 3.88. The molecule has 2 saturated heterocycles. The standard InChI is InChI=1S/C17H24N4O2/c22-17(5-11-23-12-6-17)13-20-9-3-14(4-10-20)15-1-7-18-16-2-8-19-21(15)16/h1-2,7-8,14,22H,3-6,9-13H2. The maximum atomic E-state index is 10.7. The Bertz CT molecular complexity index is 657. The number of nitrogens with zero attached hydrogens (tertiary/aromatic N) is 4. The van der Waals surface area contributed by atoms with E-state index in [4.69, 9.17) is 4.74 Å². The van der Waals surface area contributed by atoms with E-state index in [0.29, 0.717) is 19.1 Å². The Balaban J connectivity index is 1.40. The van der Waals surface area contributed by atoms with Gasteiger partial charge in [0.25, 0.3) is 0 Å². The summed E-state index contributed by atoms with van der Waals surface area (Å²) < 4.78 is 7.33. The van der Waals surface area contributed by atoms with Crippen LogP contribution < -0.4 is 0 Å². The second-order valence-electron chi connectivity index (χ2n) is 6.86. The second kappa shape index (κ2) is 6.19. The highest BCUT2D eigenvalue weighted by Gasteiger charge is 2.33. The topological polar surface area (TPSA) is 62.9 Å². The van der Waals surface area contributed by atoms with Crippen LogP contribution >= 0.6 is 0 Å². The summed E-state index contributed by atoms with van der Waals surface area (Å²) in [4.78, 5) is 6.75. The number of likely N-dealkylation sites (tertiary alicyclic amines) is 1. The number of hydrogen-bond donors (Lipinski definition) is 1. The number of piperidine rings is 1. The van der Waals surface area contributed by atoms with Crippen molar-refractivity contribution in [1.29, 1.82) is 0 Å². The Labute approximate surface area is 136 Å². The van der Waals surface area contributed by atoms with Crippen LogP contribution in [0.15, 0.2) is 24.5 Å². The average Bonchev–Trinajstić information content (AvgIpc) is 3.04. The first-order valence-electron chi connectivity index (χ1n) is 8.55. The summed E-state index contributed by atoms with van der Waals surface area (Å²) in [6.07, 6.45) is 7.40. The van der Waals surface area contributed by atoms with Gasteiger partial charge in [-0.2, -0.15) is 5.10 Å². The molecule has 2 aromatic rings.